The van der Waals surface area contributed by atoms with Gasteiger partial charge in [-0.3, -0.25) is 4.79 Å². The lowest BCUT2D eigenvalue weighted by molar-refractivity contribution is -0.256. The molecule has 1 aliphatic heterocycles. The summed E-state index contributed by atoms with van der Waals surface area (Å²) < 4.78 is 46.3. The summed E-state index contributed by atoms with van der Waals surface area (Å²) in [6.07, 6.45) is -2.46. The first-order valence-electron chi connectivity index (χ1n) is 5.09. The van der Waals surface area contributed by atoms with Gasteiger partial charge in [0.15, 0.2) is 0 Å². The van der Waals surface area contributed by atoms with Gasteiger partial charge in [-0.05, 0) is 0 Å². The van der Waals surface area contributed by atoms with E-state index >= 15 is 0 Å². The van der Waals surface area contributed by atoms with E-state index in [-0.39, 0.29) is 5.56 Å². The fraction of sp³-hybridized carbons (Fsp3) is 0.250. The van der Waals surface area contributed by atoms with E-state index in [9.17, 15) is 18.0 Å². The van der Waals surface area contributed by atoms with E-state index in [0.717, 1.165) is 12.3 Å². The first kappa shape index (κ1) is 12.6. The maximum Gasteiger partial charge on any atom is 0.411 e. The average molecular weight is 258 g/mol. The molecule has 1 aliphatic rings. The van der Waals surface area contributed by atoms with Crippen molar-refractivity contribution >= 4 is 5.78 Å². The van der Waals surface area contributed by atoms with E-state index in [1.165, 1.54) is 12.1 Å². The van der Waals surface area contributed by atoms with Gasteiger partial charge < -0.3 is 9.47 Å². The van der Waals surface area contributed by atoms with Crippen molar-refractivity contribution < 1.29 is 27.4 Å². The molecule has 0 amide bonds. The van der Waals surface area contributed by atoms with Crippen LogP contribution >= 0.6 is 0 Å². The molecule has 0 fully saturated rings. The highest BCUT2D eigenvalue weighted by Crippen LogP contribution is 2.34. The van der Waals surface area contributed by atoms with Crippen molar-refractivity contribution in [3.63, 3.8) is 0 Å². The minimum Gasteiger partial charge on any atom is -0.458 e. The Kier molecular flexibility index (Phi) is 3.13. The number of benzene rings is 1. The molecule has 1 heterocycles. The molecule has 0 radical (unpaired) electrons. The number of hydrogen-bond acceptors (Lipinski definition) is 3. The Bertz CT molecular complexity index is 467. The number of ether oxygens (including phenoxy) is 2. The summed E-state index contributed by atoms with van der Waals surface area (Å²) in [5.41, 5.74) is 0.226. The monoisotopic (exact) mass is 258 g/mol. The molecule has 0 N–H and O–H groups in total. The first-order valence-corrected chi connectivity index (χ1v) is 5.09. The molecule has 0 aromatic heterocycles. The Balaban J connectivity index is 2.29. The van der Waals surface area contributed by atoms with Gasteiger partial charge in [-0.1, -0.05) is 30.3 Å². The third-order valence-electron chi connectivity index (χ3n) is 2.37. The zero-order valence-corrected chi connectivity index (χ0v) is 9.11. The van der Waals surface area contributed by atoms with Crippen LogP contribution in [0.1, 0.15) is 5.56 Å². The molecule has 1 unspecified atom stereocenters. The number of carbonyl (C=O) groups is 1. The van der Waals surface area contributed by atoms with Crippen LogP contribution in [0.4, 0.5) is 13.2 Å². The molecule has 1 atom stereocenters. The van der Waals surface area contributed by atoms with Crippen LogP contribution in [0.25, 0.3) is 0 Å². The van der Waals surface area contributed by atoms with Crippen LogP contribution in [0, 0.1) is 0 Å². The number of carbonyl (C=O) groups excluding carboxylic acids is 1. The summed E-state index contributed by atoms with van der Waals surface area (Å²) in [6, 6.07) is 7.79. The average Bonchev–Trinajstić information content (AvgIpc) is 2.70. The Morgan fingerprint density at radius 1 is 1.22 bits per heavy atom. The van der Waals surface area contributed by atoms with Crippen LogP contribution in [-0.4, -0.2) is 18.6 Å². The van der Waals surface area contributed by atoms with Crippen molar-refractivity contribution in [2.75, 3.05) is 6.61 Å². The van der Waals surface area contributed by atoms with Gasteiger partial charge in [0.05, 0.1) is 6.26 Å². The summed E-state index contributed by atoms with van der Waals surface area (Å²) in [4.78, 5) is 11.7. The maximum absolute atomic E-state index is 12.2. The smallest absolute Gasteiger partial charge is 0.411 e. The zero-order chi connectivity index (χ0) is 13.2. The molecule has 2 rings (SSSR count). The third kappa shape index (κ3) is 2.38. The molecular weight excluding hydrogens is 249 g/mol. The molecule has 0 aliphatic carbocycles. The van der Waals surface area contributed by atoms with Crippen LogP contribution in [0.2, 0.25) is 0 Å². The maximum atomic E-state index is 12.2. The number of alkyl halides is 3. The van der Waals surface area contributed by atoms with Gasteiger partial charge in [-0.25, -0.2) is 0 Å². The molecule has 96 valence electrons. The zero-order valence-electron chi connectivity index (χ0n) is 9.11. The van der Waals surface area contributed by atoms with E-state index in [1.54, 1.807) is 18.2 Å². The molecule has 0 saturated carbocycles. The van der Waals surface area contributed by atoms with Gasteiger partial charge in [-0.2, -0.15) is 13.2 Å². The Labute approximate surface area is 101 Å². The largest absolute Gasteiger partial charge is 0.458 e. The van der Waals surface area contributed by atoms with Crippen LogP contribution in [-0.2, 0) is 20.1 Å². The highest BCUT2D eigenvalue weighted by atomic mass is 19.4. The second-order valence-corrected chi connectivity index (χ2v) is 3.67. The Hall–Kier alpha value is -1.82. The normalized spacial score (nSPS) is 23.2. The van der Waals surface area contributed by atoms with E-state index in [0.29, 0.717) is 0 Å². The standard InChI is InChI=1S/C12H9F3O3/c13-11(14,15)8-18-12(10(16)6-7-17-12)9-4-2-1-3-5-9/h1-7H,8H2. The number of hydrogen-bond donors (Lipinski definition) is 0. The molecule has 0 saturated heterocycles. The van der Waals surface area contributed by atoms with E-state index in [4.69, 9.17) is 9.47 Å². The molecule has 18 heavy (non-hydrogen) atoms. The van der Waals surface area contributed by atoms with Crippen LogP contribution < -0.4 is 0 Å². The Morgan fingerprint density at radius 3 is 2.39 bits per heavy atom. The van der Waals surface area contributed by atoms with Crippen molar-refractivity contribution in [2.45, 2.75) is 12.0 Å². The quantitative estimate of drug-likeness (QED) is 0.835. The van der Waals surface area contributed by atoms with Crippen LogP contribution in [0.3, 0.4) is 0 Å². The summed E-state index contributed by atoms with van der Waals surface area (Å²) in [7, 11) is 0. The van der Waals surface area contributed by atoms with Crippen molar-refractivity contribution in [3.05, 3.63) is 48.2 Å². The molecule has 1 aromatic carbocycles. The van der Waals surface area contributed by atoms with E-state index in [1.807, 2.05) is 0 Å². The van der Waals surface area contributed by atoms with Crippen LogP contribution in [0.15, 0.2) is 42.7 Å². The molecule has 3 nitrogen and oxygen atoms in total. The fourth-order valence-corrected chi connectivity index (χ4v) is 1.60. The van der Waals surface area contributed by atoms with Crippen LogP contribution in [0.5, 0.6) is 0 Å². The van der Waals surface area contributed by atoms with Crippen molar-refractivity contribution in [3.8, 4) is 0 Å². The fourth-order valence-electron chi connectivity index (χ4n) is 1.60. The van der Waals surface area contributed by atoms with Crippen molar-refractivity contribution in [1.29, 1.82) is 0 Å². The minimum atomic E-state index is -4.53. The van der Waals surface area contributed by atoms with Gasteiger partial charge in [0.1, 0.15) is 6.61 Å². The van der Waals surface area contributed by atoms with Crippen molar-refractivity contribution in [2.24, 2.45) is 0 Å². The lowest BCUT2D eigenvalue weighted by atomic mass is 10.0. The minimum absolute atomic E-state index is 0.226. The summed E-state index contributed by atoms with van der Waals surface area (Å²) in [5.74, 6) is -2.69. The van der Waals surface area contributed by atoms with Gasteiger partial charge in [-0.15, -0.1) is 0 Å². The number of halogens is 3. The highest BCUT2D eigenvalue weighted by molar-refractivity contribution is 5.98. The predicted molar refractivity (Wildman–Crippen MR) is 55.4 cm³/mol. The van der Waals surface area contributed by atoms with Crippen molar-refractivity contribution in [1.82, 2.24) is 0 Å². The number of rotatable bonds is 3. The molecule has 6 heteroatoms. The summed E-state index contributed by atoms with van der Waals surface area (Å²) in [5, 5.41) is 0. The third-order valence-corrected chi connectivity index (χ3v) is 2.37. The summed E-state index contributed by atoms with van der Waals surface area (Å²) in [6.45, 7) is -1.56. The first-order chi connectivity index (χ1) is 8.44. The number of ketones is 1. The van der Waals surface area contributed by atoms with E-state index in [2.05, 4.69) is 0 Å². The molecule has 0 bridgehead atoms. The second kappa shape index (κ2) is 4.45. The molecule has 1 aromatic rings. The van der Waals surface area contributed by atoms with Gasteiger partial charge >= 0.3 is 12.0 Å². The topological polar surface area (TPSA) is 35.5 Å². The molecular formula is C12H9F3O3. The summed E-state index contributed by atoms with van der Waals surface area (Å²) >= 11 is 0. The second-order valence-electron chi connectivity index (χ2n) is 3.67. The lowest BCUT2D eigenvalue weighted by Gasteiger charge is -2.27. The van der Waals surface area contributed by atoms with Gasteiger partial charge in [0.25, 0.3) is 0 Å². The lowest BCUT2D eigenvalue weighted by Crippen LogP contribution is -2.39. The SMILES string of the molecule is O=C1C=COC1(OCC(F)(F)F)c1ccccc1. The van der Waals surface area contributed by atoms with Gasteiger partial charge in [0, 0.05) is 11.6 Å². The Morgan fingerprint density at radius 2 is 1.89 bits per heavy atom. The molecule has 0 spiro atoms. The highest BCUT2D eigenvalue weighted by Gasteiger charge is 2.47. The van der Waals surface area contributed by atoms with E-state index < -0.39 is 24.4 Å². The van der Waals surface area contributed by atoms with Gasteiger partial charge in [0.2, 0.25) is 5.78 Å². The predicted octanol–water partition coefficient (Wildman–Crippen LogP) is 2.53.